The number of nitrogens with one attached hydrogen (secondary N) is 1. The summed E-state index contributed by atoms with van der Waals surface area (Å²) >= 11 is 12.5. The van der Waals surface area contributed by atoms with Gasteiger partial charge in [0.2, 0.25) is 5.95 Å². The van der Waals surface area contributed by atoms with Crippen LogP contribution in [0.15, 0.2) is 47.3 Å². The largest absolute Gasteiger partial charge is 0.369 e. The van der Waals surface area contributed by atoms with Gasteiger partial charge in [-0.05, 0) is 61.9 Å². The third-order valence-corrected chi connectivity index (χ3v) is 8.16. The van der Waals surface area contributed by atoms with Crippen molar-refractivity contribution in [3.05, 3.63) is 79.6 Å². The van der Waals surface area contributed by atoms with Crippen LogP contribution in [0.2, 0.25) is 10.0 Å². The molecule has 2 heterocycles. The Balaban J connectivity index is 1.44. The van der Waals surface area contributed by atoms with Crippen molar-refractivity contribution in [1.82, 2.24) is 14.9 Å². The maximum atomic E-state index is 13.3. The van der Waals surface area contributed by atoms with Crippen LogP contribution in [0.5, 0.6) is 0 Å². The first-order chi connectivity index (χ1) is 15.9. The summed E-state index contributed by atoms with van der Waals surface area (Å²) in [5, 5.41) is 4.21. The molecule has 8 heteroatoms. The number of piperidine rings is 1. The number of nitrogen functional groups attached to an aromatic ring is 1. The van der Waals surface area contributed by atoms with E-state index in [1.807, 2.05) is 7.05 Å². The standard InChI is InChI=1S/C25H27Cl2N5O/c1-15-22(30-24(28)32(23(15)33)19-9-5-8-18(26)20(19)27)31-12-10-25(11-13-31)14-16-6-3-4-7-17(16)21(25)29-2/h3-9,21,29H,10-14H2,1-2H3,(H2,28,30)/t21-/m1/s1. The monoisotopic (exact) mass is 483 g/mol. The van der Waals surface area contributed by atoms with Gasteiger partial charge in [-0.2, -0.15) is 4.98 Å². The normalized spacial score (nSPS) is 19.2. The van der Waals surface area contributed by atoms with Crippen molar-refractivity contribution in [3.63, 3.8) is 0 Å². The Labute approximate surface area is 203 Å². The molecule has 1 aliphatic heterocycles. The summed E-state index contributed by atoms with van der Waals surface area (Å²) in [6.45, 7) is 3.44. The SMILES string of the molecule is CN[C@@H]1c2ccccc2CC12CCN(c1nc(N)n(-c3cccc(Cl)c3Cl)c(=O)c1C)CC2. The molecule has 1 aromatic heterocycles. The highest BCUT2D eigenvalue weighted by Crippen LogP contribution is 2.52. The van der Waals surface area contributed by atoms with E-state index in [0.29, 0.717) is 28.1 Å². The van der Waals surface area contributed by atoms with E-state index in [-0.39, 0.29) is 21.9 Å². The Hall–Kier alpha value is -2.54. The molecule has 1 atom stereocenters. The summed E-state index contributed by atoms with van der Waals surface area (Å²) in [5.74, 6) is 0.754. The first-order valence-corrected chi connectivity index (χ1v) is 12.0. The highest BCUT2D eigenvalue weighted by molar-refractivity contribution is 6.43. The van der Waals surface area contributed by atoms with E-state index >= 15 is 0 Å². The summed E-state index contributed by atoms with van der Waals surface area (Å²) in [5.41, 5.74) is 10.1. The molecule has 172 valence electrons. The van der Waals surface area contributed by atoms with Crippen LogP contribution in [-0.4, -0.2) is 29.7 Å². The van der Waals surface area contributed by atoms with Crippen molar-refractivity contribution < 1.29 is 0 Å². The summed E-state index contributed by atoms with van der Waals surface area (Å²) in [7, 11) is 2.05. The van der Waals surface area contributed by atoms with Gasteiger partial charge in [0.15, 0.2) is 0 Å². The van der Waals surface area contributed by atoms with Crippen molar-refractivity contribution in [1.29, 1.82) is 0 Å². The van der Waals surface area contributed by atoms with E-state index < -0.39 is 0 Å². The first kappa shape index (κ1) is 22.3. The maximum Gasteiger partial charge on any atom is 0.264 e. The van der Waals surface area contributed by atoms with Gasteiger partial charge in [-0.1, -0.05) is 53.5 Å². The second-order valence-electron chi connectivity index (χ2n) is 9.08. The quantitative estimate of drug-likeness (QED) is 0.571. The van der Waals surface area contributed by atoms with Crippen molar-refractivity contribution in [2.75, 3.05) is 30.8 Å². The van der Waals surface area contributed by atoms with Gasteiger partial charge < -0.3 is 16.0 Å². The van der Waals surface area contributed by atoms with Crippen molar-refractivity contribution >= 4 is 35.0 Å². The second kappa shape index (κ2) is 8.35. The Kier molecular flexibility index (Phi) is 5.63. The fourth-order valence-corrected chi connectivity index (χ4v) is 6.07. The van der Waals surface area contributed by atoms with Crippen LogP contribution in [0.25, 0.3) is 5.69 Å². The molecular formula is C25H27Cl2N5O. The molecule has 5 rings (SSSR count). The van der Waals surface area contributed by atoms with E-state index in [1.165, 1.54) is 15.7 Å². The summed E-state index contributed by atoms with van der Waals surface area (Å²) in [4.78, 5) is 20.2. The van der Waals surface area contributed by atoms with Crippen molar-refractivity contribution in [2.45, 2.75) is 32.2 Å². The predicted molar refractivity (Wildman–Crippen MR) is 135 cm³/mol. The van der Waals surface area contributed by atoms with Crippen LogP contribution in [0.1, 0.15) is 35.6 Å². The van der Waals surface area contributed by atoms with E-state index in [2.05, 4.69) is 39.5 Å². The number of nitrogens with two attached hydrogens (primary N) is 1. The lowest BCUT2D eigenvalue weighted by Gasteiger charge is -2.44. The Bertz CT molecular complexity index is 1280. The van der Waals surface area contributed by atoms with Gasteiger partial charge in [0.1, 0.15) is 5.82 Å². The van der Waals surface area contributed by atoms with Crippen LogP contribution < -0.4 is 21.5 Å². The Morgan fingerprint density at radius 3 is 2.58 bits per heavy atom. The Morgan fingerprint density at radius 1 is 1.12 bits per heavy atom. The molecule has 6 nitrogen and oxygen atoms in total. The molecule has 0 amide bonds. The van der Waals surface area contributed by atoms with Crippen LogP contribution in [0, 0.1) is 12.3 Å². The van der Waals surface area contributed by atoms with Gasteiger partial charge in [0.25, 0.3) is 5.56 Å². The molecule has 0 bridgehead atoms. The zero-order valence-corrected chi connectivity index (χ0v) is 20.2. The van der Waals surface area contributed by atoms with Gasteiger partial charge in [0.05, 0.1) is 21.3 Å². The number of aromatic nitrogens is 2. The number of anilines is 2. The van der Waals surface area contributed by atoms with Crippen molar-refractivity contribution in [3.8, 4) is 5.69 Å². The van der Waals surface area contributed by atoms with Gasteiger partial charge in [-0.3, -0.25) is 4.79 Å². The predicted octanol–water partition coefficient (Wildman–Crippen LogP) is 4.53. The molecule has 33 heavy (non-hydrogen) atoms. The third-order valence-electron chi connectivity index (χ3n) is 7.35. The highest BCUT2D eigenvalue weighted by Gasteiger charge is 2.47. The van der Waals surface area contributed by atoms with Gasteiger partial charge in [-0.15, -0.1) is 0 Å². The molecule has 3 N–H and O–H groups in total. The summed E-state index contributed by atoms with van der Waals surface area (Å²) in [6, 6.07) is 14.2. The molecule has 2 aromatic carbocycles. The number of hydrogen-bond acceptors (Lipinski definition) is 5. The number of rotatable bonds is 3. The molecule has 1 fully saturated rings. The molecule has 1 aliphatic carbocycles. The molecular weight excluding hydrogens is 457 g/mol. The third kappa shape index (κ3) is 3.52. The van der Waals surface area contributed by atoms with Crippen molar-refractivity contribution in [2.24, 2.45) is 5.41 Å². The van der Waals surface area contributed by atoms with E-state index in [9.17, 15) is 4.79 Å². The van der Waals surface area contributed by atoms with Crippen LogP contribution in [0.3, 0.4) is 0 Å². The summed E-state index contributed by atoms with van der Waals surface area (Å²) in [6.07, 6.45) is 3.10. The van der Waals surface area contributed by atoms with Gasteiger partial charge in [-0.25, -0.2) is 4.57 Å². The number of nitrogens with zero attached hydrogens (tertiary/aromatic N) is 3. The van der Waals surface area contributed by atoms with Gasteiger partial charge >= 0.3 is 0 Å². The number of hydrogen-bond donors (Lipinski definition) is 2. The lowest BCUT2D eigenvalue weighted by molar-refractivity contribution is 0.167. The minimum absolute atomic E-state index is 0.103. The molecule has 2 aliphatic rings. The second-order valence-corrected chi connectivity index (χ2v) is 9.86. The zero-order chi connectivity index (χ0) is 23.3. The van der Waals surface area contributed by atoms with Gasteiger partial charge in [0, 0.05) is 19.1 Å². The minimum atomic E-state index is -0.233. The van der Waals surface area contributed by atoms with Crippen LogP contribution in [-0.2, 0) is 6.42 Å². The van der Waals surface area contributed by atoms with E-state index in [0.717, 1.165) is 32.4 Å². The number of halogens is 2. The summed E-state index contributed by atoms with van der Waals surface area (Å²) < 4.78 is 1.34. The molecule has 3 aromatic rings. The average molecular weight is 484 g/mol. The molecule has 0 unspecified atom stereocenters. The minimum Gasteiger partial charge on any atom is -0.369 e. The van der Waals surface area contributed by atoms with E-state index in [4.69, 9.17) is 28.9 Å². The van der Waals surface area contributed by atoms with Crippen LogP contribution >= 0.6 is 23.2 Å². The smallest absolute Gasteiger partial charge is 0.264 e. The average Bonchev–Trinajstić information content (AvgIpc) is 3.12. The lowest BCUT2D eigenvalue weighted by atomic mass is 9.72. The molecule has 1 spiro atoms. The van der Waals surface area contributed by atoms with Crippen LogP contribution in [0.4, 0.5) is 11.8 Å². The number of benzene rings is 2. The molecule has 0 saturated carbocycles. The van der Waals surface area contributed by atoms with E-state index in [1.54, 1.807) is 25.1 Å². The first-order valence-electron chi connectivity index (χ1n) is 11.2. The Morgan fingerprint density at radius 2 is 1.85 bits per heavy atom. The molecule has 1 saturated heterocycles. The molecule has 0 radical (unpaired) electrons. The highest BCUT2D eigenvalue weighted by atomic mass is 35.5. The fourth-order valence-electron chi connectivity index (χ4n) is 5.69. The number of fused-ring (bicyclic) bond motifs is 1. The maximum absolute atomic E-state index is 13.3. The zero-order valence-electron chi connectivity index (χ0n) is 18.7. The topological polar surface area (TPSA) is 76.2 Å². The lowest BCUT2D eigenvalue weighted by Crippen LogP contribution is -2.46. The fraction of sp³-hybridized carbons (Fsp3) is 0.360.